The average Bonchev–Trinajstić information content (AvgIpc) is 2.47. The Labute approximate surface area is 122 Å². The number of hydrazine groups is 1. The highest BCUT2D eigenvalue weighted by Crippen LogP contribution is 2.17. The third kappa shape index (κ3) is 3.93. The molecule has 0 aromatic heterocycles. The number of carbonyl (C=O) groups is 2. The van der Waals surface area contributed by atoms with Crippen LogP contribution in [0.5, 0.6) is 0 Å². The number of rotatable bonds is 5. The summed E-state index contributed by atoms with van der Waals surface area (Å²) in [6.45, 7) is 0.862. The first-order valence-electron chi connectivity index (χ1n) is 6.66. The van der Waals surface area contributed by atoms with Gasteiger partial charge in [-0.3, -0.25) is 4.79 Å². The quantitative estimate of drug-likeness (QED) is 0.661. The van der Waals surface area contributed by atoms with Crippen LogP contribution in [0.25, 0.3) is 0 Å². The Morgan fingerprint density at radius 2 is 2.14 bits per heavy atom. The van der Waals surface area contributed by atoms with Crippen molar-refractivity contribution in [1.82, 2.24) is 10.0 Å². The minimum absolute atomic E-state index is 0.179. The van der Waals surface area contributed by atoms with Gasteiger partial charge in [-0.05, 0) is 17.5 Å². The van der Waals surface area contributed by atoms with E-state index < -0.39 is 6.09 Å². The Morgan fingerprint density at radius 1 is 1.38 bits per heavy atom. The second kappa shape index (κ2) is 7.05. The smallest absolute Gasteiger partial charge is 0.426 e. The molecule has 1 N–H and O–H groups in total. The first-order chi connectivity index (χ1) is 10.1. The van der Waals surface area contributed by atoms with Crippen LogP contribution in [0.4, 0.5) is 4.79 Å². The van der Waals surface area contributed by atoms with Gasteiger partial charge in [0.2, 0.25) is 5.91 Å². The van der Waals surface area contributed by atoms with Crippen molar-refractivity contribution in [3.63, 3.8) is 0 Å². The first kappa shape index (κ1) is 15.3. The highest BCUT2D eigenvalue weighted by Gasteiger charge is 2.29. The molecule has 0 aliphatic carbocycles. The monoisotopic (exact) mass is 294 g/mol. The van der Waals surface area contributed by atoms with Gasteiger partial charge in [-0.15, -0.1) is 0 Å². The van der Waals surface area contributed by atoms with E-state index in [1.165, 1.54) is 12.1 Å². The highest BCUT2D eigenvalue weighted by atomic mass is 17.2. The summed E-state index contributed by atoms with van der Waals surface area (Å²) in [6.07, 6.45) is -0.179. The summed E-state index contributed by atoms with van der Waals surface area (Å²) in [7, 11) is 1.43. The Morgan fingerprint density at radius 3 is 2.86 bits per heavy atom. The van der Waals surface area contributed by atoms with Gasteiger partial charge < -0.3 is 5.11 Å². The van der Waals surface area contributed by atoms with Gasteiger partial charge in [0.1, 0.15) is 6.61 Å². The lowest BCUT2D eigenvalue weighted by Crippen LogP contribution is -2.52. The number of carboxylic acid groups (broad SMARTS) is 1. The fourth-order valence-corrected chi connectivity index (χ4v) is 2.25. The number of carbonyl (C=O) groups excluding carboxylic acids is 1. The SMILES string of the molecule is COOCc1cccc(CN2C(=O)CCCN2C(=O)O)c1. The molecule has 1 aliphatic rings. The fourth-order valence-electron chi connectivity index (χ4n) is 2.25. The lowest BCUT2D eigenvalue weighted by Gasteiger charge is -2.36. The zero-order chi connectivity index (χ0) is 15.2. The van der Waals surface area contributed by atoms with Crippen molar-refractivity contribution in [3.8, 4) is 0 Å². The molecular formula is C14H18N2O5. The van der Waals surface area contributed by atoms with Gasteiger partial charge in [0.05, 0.1) is 13.7 Å². The second-order valence-electron chi connectivity index (χ2n) is 4.71. The summed E-state index contributed by atoms with van der Waals surface area (Å²) in [6, 6.07) is 7.41. The average molecular weight is 294 g/mol. The van der Waals surface area contributed by atoms with Gasteiger partial charge in [0.15, 0.2) is 0 Å². The van der Waals surface area contributed by atoms with E-state index in [-0.39, 0.29) is 12.5 Å². The van der Waals surface area contributed by atoms with Crippen LogP contribution in [-0.2, 0) is 27.7 Å². The molecule has 0 radical (unpaired) electrons. The molecule has 0 bridgehead atoms. The summed E-state index contributed by atoms with van der Waals surface area (Å²) in [5.41, 5.74) is 1.73. The van der Waals surface area contributed by atoms with E-state index in [4.69, 9.17) is 4.89 Å². The van der Waals surface area contributed by atoms with Gasteiger partial charge in [-0.1, -0.05) is 24.3 Å². The van der Waals surface area contributed by atoms with E-state index in [9.17, 15) is 14.7 Å². The summed E-state index contributed by atoms with van der Waals surface area (Å²) in [4.78, 5) is 32.6. The Bertz CT molecular complexity index is 520. The molecule has 21 heavy (non-hydrogen) atoms. The molecule has 1 heterocycles. The molecule has 0 saturated carbocycles. The van der Waals surface area contributed by atoms with Gasteiger partial charge >= 0.3 is 6.09 Å². The van der Waals surface area contributed by atoms with Crippen LogP contribution in [0, 0.1) is 0 Å². The molecule has 7 nitrogen and oxygen atoms in total. The van der Waals surface area contributed by atoms with Gasteiger partial charge in [0.25, 0.3) is 0 Å². The Kier molecular flexibility index (Phi) is 5.13. The van der Waals surface area contributed by atoms with Crippen molar-refractivity contribution in [2.45, 2.75) is 26.0 Å². The summed E-state index contributed by atoms with van der Waals surface area (Å²) >= 11 is 0. The van der Waals surface area contributed by atoms with Crippen molar-refractivity contribution in [1.29, 1.82) is 0 Å². The molecule has 1 saturated heterocycles. The first-order valence-corrected chi connectivity index (χ1v) is 6.66. The van der Waals surface area contributed by atoms with Gasteiger partial charge in [0, 0.05) is 13.0 Å². The molecule has 7 heteroatoms. The third-order valence-electron chi connectivity index (χ3n) is 3.23. The Hall–Kier alpha value is -2.12. The predicted molar refractivity (Wildman–Crippen MR) is 72.8 cm³/mol. The summed E-state index contributed by atoms with van der Waals surface area (Å²) in [5, 5.41) is 11.5. The van der Waals surface area contributed by atoms with Crippen LogP contribution in [0.3, 0.4) is 0 Å². The van der Waals surface area contributed by atoms with Gasteiger partial charge in [-0.2, -0.15) is 0 Å². The molecule has 1 aliphatic heterocycles. The number of hydrogen-bond acceptors (Lipinski definition) is 4. The lowest BCUT2D eigenvalue weighted by molar-refractivity contribution is -0.282. The van der Waals surface area contributed by atoms with Crippen molar-refractivity contribution in [2.75, 3.05) is 13.7 Å². The molecule has 114 valence electrons. The number of nitrogens with zero attached hydrogens (tertiary/aromatic N) is 2. The molecule has 0 atom stereocenters. The topological polar surface area (TPSA) is 79.3 Å². The number of hydrogen-bond donors (Lipinski definition) is 1. The van der Waals surface area contributed by atoms with E-state index in [0.29, 0.717) is 26.0 Å². The normalized spacial score (nSPS) is 15.4. The Balaban J connectivity index is 2.11. The molecule has 0 unspecified atom stereocenters. The van der Waals surface area contributed by atoms with E-state index in [1.54, 1.807) is 0 Å². The van der Waals surface area contributed by atoms with Crippen LogP contribution in [-0.4, -0.2) is 40.8 Å². The van der Waals surface area contributed by atoms with Crippen LogP contribution in [0.2, 0.25) is 0 Å². The van der Waals surface area contributed by atoms with Crippen molar-refractivity contribution in [3.05, 3.63) is 35.4 Å². The highest BCUT2D eigenvalue weighted by molar-refractivity contribution is 5.80. The van der Waals surface area contributed by atoms with Crippen LogP contribution >= 0.6 is 0 Å². The van der Waals surface area contributed by atoms with Crippen LogP contribution < -0.4 is 0 Å². The second-order valence-corrected chi connectivity index (χ2v) is 4.71. The molecule has 1 aromatic carbocycles. The van der Waals surface area contributed by atoms with Crippen molar-refractivity contribution in [2.24, 2.45) is 0 Å². The molecular weight excluding hydrogens is 276 g/mol. The molecule has 1 aromatic rings. The minimum Gasteiger partial charge on any atom is -0.464 e. The van der Waals surface area contributed by atoms with Gasteiger partial charge in [-0.25, -0.2) is 24.6 Å². The molecule has 2 rings (SSSR count). The standard InChI is InChI=1S/C14H18N2O5/c1-20-21-10-12-5-2-4-11(8-12)9-16-13(17)6-3-7-15(16)14(18)19/h2,4-5,8H,3,6-7,9-10H2,1H3,(H,18,19). The van der Waals surface area contributed by atoms with Crippen molar-refractivity contribution >= 4 is 12.0 Å². The van der Waals surface area contributed by atoms with E-state index in [2.05, 4.69) is 4.89 Å². The summed E-state index contributed by atoms with van der Waals surface area (Å²) in [5.74, 6) is -0.179. The largest absolute Gasteiger partial charge is 0.464 e. The van der Waals surface area contributed by atoms with Crippen molar-refractivity contribution < 1.29 is 24.5 Å². The maximum absolute atomic E-state index is 11.9. The number of amides is 2. The maximum atomic E-state index is 11.9. The predicted octanol–water partition coefficient (Wildman–Crippen LogP) is 1.78. The van der Waals surface area contributed by atoms with E-state index in [0.717, 1.165) is 16.1 Å². The van der Waals surface area contributed by atoms with E-state index >= 15 is 0 Å². The third-order valence-corrected chi connectivity index (χ3v) is 3.23. The molecule has 0 spiro atoms. The maximum Gasteiger partial charge on any atom is 0.426 e. The summed E-state index contributed by atoms with van der Waals surface area (Å²) < 4.78 is 0. The zero-order valence-corrected chi connectivity index (χ0v) is 11.8. The number of benzene rings is 1. The fraction of sp³-hybridized carbons (Fsp3) is 0.429. The molecule has 2 amide bonds. The van der Waals surface area contributed by atoms with Crippen LogP contribution in [0.15, 0.2) is 24.3 Å². The minimum atomic E-state index is -1.11. The molecule has 1 fully saturated rings. The zero-order valence-electron chi connectivity index (χ0n) is 11.8. The van der Waals surface area contributed by atoms with E-state index in [1.807, 2.05) is 24.3 Å². The lowest BCUT2D eigenvalue weighted by atomic mass is 10.1. The van der Waals surface area contributed by atoms with Crippen LogP contribution in [0.1, 0.15) is 24.0 Å².